The maximum absolute atomic E-state index is 4.26. The van der Waals surface area contributed by atoms with Crippen molar-refractivity contribution in [1.29, 1.82) is 0 Å². The van der Waals surface area contributed by atoms with Gasteiger partial charge in [0.15, 0.2) is 0 Å². The van der Waals surface area contributed by atoms with Gasteiger partial charge in [0, 0.05) is 25.3 Å². The molecule has 0 saturated carbocycles. The predicted octanol–water partition coefficient (Wildman–Crippen LogP) is 1.90. The van der Waals surface area contributed by atoms with Crippen LogP contribution >= 0.6 is 0 Å². The standard InChI is InChI=1S/C13H26N4/c1-5-14-8-13-9-15-11-17(13)12(4)10-16(6-2)7-3/h9,11-12,14H,5-8,10H2,1-4H3. The van der Waals surface area contributed by atoms with Crippen molar-refractivity contribution < 1.29 is 0 Å². The molecule has 1 atom stereocenters. The SMILES string of the molecule is CCNCc1cncn1C(C)CN(CC)CC. The molecule has 98 valence electrons. The summed E-state index contributed by atoms with van der Waals surface area (Å²) in [6.07, 6.45) is 3.90. The minimum absolute atomic E-state index is 0.478. The zero-order valence-corrected chi connectivity index (χ0v) is 11.6. The number of rotatable bonds is 8. The minimum atomic E-state index is 0.478. The van der Waals surface area contributed by atoms with Crippen LogP contribution in [0.4, 0.5) is 0 Å². The number of likely N-dealkylation sites (N-methyl/N-ethyl adjacent to an activating group) is 1. The van der Waals surface area contributed by atoms with Gasteiger partial charge in [0.05, 0.1) is 12.0 Å². The van der Waals surface area contributed by atoms with Crippen LogP contribution in [-0.4, -0.2) is 40.6 Å². The van der Waals surface area contributed by atoms with E-state index in [1.807, 2.05) is 12.5 Å². The fourth-order valence-electron chi connectivity index (χ4n) is 2.06. The first kappa shape index (κ1) is 14.2. The van der Waals surface area contributed by atoms with Gasteiger partial charge in [-0.3, -0.25) is 0 Å². The van der Waals surface area contributed by atoms with Gasteiger partial charge in [0.1, 0.15) is 0 Å². The second-order valence-corrected chi connectivity index (χ2v) is 4.41. The van der Waals surface area contributed by atoms with E-state index in [-0.39, 0.29) is 0 Å². The fourth-order valence-corrected chi connectivity index (χ4v) is 2.06. The van der Waals surface area contributed by atoms with E-state index in [9.17, 15) is 0 Å². The number of hydrogen-bond acceptors (Lipinski definition) is 3. The second kappa shape index (κ2) is 7.45. The lowest BCUT2D eigenvalue weighted by Gasteiger charge is -2.24. The third-order valence-corrected chi connectivity index (χ3v) is 3.19. The van der Waals surface area contributed by atoms with Crippen LogP contribution in [0.25, 0.3) is 0 Å². The van der Waals surface area contributed by atoms with Gasteiger partial charge in [-0.25, -0.2) is 4.98 Å². The molecule has 0 aliphatic rings. The van der Waals surface area contributed by atoms with Gasteiger partial charge in [0.2, 0.25) is 0 Å². The average Bonchev–Trinajstić information content (AvgIpc) is 2.81. The number of nitrogens with zero attached hydrogens (tertiary/aromatic N) is 3. The van der Waals surface area contributed by atoms with Crippen molar-refractivity contribution in [3.05, 3.63) is 18.2 Å². The molecule has 4 heteroatoms. The van der Waals surface area contributed by atoms with E-state index in [4.69, 9.17) is 0 Å². The summed E-state index contributed by atoms with van der Waals surface area (Å²) in [5, 5.41) is 3.35. The Kier molecular flexibility index (Phi) is 6.22. The summed E-state index contributed by atoms with van der Waals surface area (Å²) in [6.45, 7) is 14.0. The Hall–Kier alpha value is -0.870. The highest BCUT2D eigenvalue weighted by Gasteiger charge is 2.11. The molecule has 0 fully saturated rings. The number of imidazole rings is 1. The Balaban J connectivity index is 2.61. The smallest absolute Gasteiger partial charge is 0.0951 e. The van der Waals surface area contributed by atoms with Gasteiger partial charge in [-0.2, -0.15) is 0 Å². The molecule has 1 N–H and O–H groups in total. The van der Waals surface area contributed by atoms with E-state index >= 15 is 0 Å². The van der Waals surface area contributed by atoms with Crippen molar-refractivity contribution in [2.45, 2.75) is 40.3 Å². The summed E-state index contributed by atoms with van der Waals surface area (Å²) in [4.78, 5) is 6.71. The van der Waals surface area contributed by atoms with Gasteiger partial charge >= 0.3 is 0 Å². The molecular weight excluding hydrogens is 212 g/mol. The molecule has 4 nitrogen and oxygen atoms in total. The zero-order chi connectivity index (χ0) is 12.7. The van der Waals surface area contributed by atoms with Gasteiger partial charge < -0.3 is 14.8 Å². The lowest BCUT2D eigenvalue weighted by molar-refractivity contribution is 0.259. The van der Waals surface area contributed by atoms with Gasteiger partial charge in [-0.1, -0.05) is 20.8 Å². The van der Waals surface area contributed by atoms with Gasteiger partial charge in [0.25, 0.3) is 0 Å². The van der Waals surface area contributed by atoms with Crippen LogP contribution in [0, 0.1) is 0 Å². The molecule has 1 rings (SSSR count). The van der Waals surface area contributed by atoms with Crippen LogP contribution in [0.15, 0.2) is 12.5 Å². The first-order valence-electron chi connectivity index (χ1n) is 6.66. The summed E-state index contributed by atoms with van der Waals surface area (Å²) in [5.41, 5.74) is 1.27. The van der Waals surface area contributed by atoms with Crippen LogP contribution in [0.3, 0.4) is 0 Å². The lowest BCUT2D eigenvalue weighted by atomic mass is 10.2. The molecule has 0 aromatic carbocycles. The van der Waals surface area contributed by atoms with Crippen LogP contribution in [-0.2, 0) is 6.54 Å². The Morgan fingerprint density at radius 1 is 1.35 bits per heavy atom. The van der Waals surface area contributed by atoms with Crippen molar-refractivity contribution in [3.63, 3.8) is 0 Å². The number of aromatic nitrogens is 2. The largest absolute Gasteiger partial charge is 0.329 e. The highest BCUT2D eigenvalue weighted by atomic mass is 15.2. The molecule has 0 aliphatic carbocycles. The van der Waals surface area contributed by atoms with Crippen molar-refractivity contribution in [2.24, 2.45) is 0 Å². The third-order valence-electron chi connectivity index (χ3n) is 3.19. The molecule has 1 aromatic rings. The van der Waals surface area contributed by atoms with Crippen molar-refractivity contribution in [2.75, 3.05) is 26.2 Å². The molecule has 17 heavy (non-hydrogen) atoms. The molecular formula is C13H26N4. The summed E-state index contributed by atoms with van der Waals surface area (Å²) in [7, 11) is 0. The quantitative estimate of drug-likeness (QED) is 0.751. The fraction of sp³-hybridized carbons (Fsp3) is 0.769. The molecule has 1 heterocycles. The molecule has 0 bridgehead atoms. The second-order valence-electron chi connectivity index (χ2n) is 4.41. The maximum atomic E-state index is 4.26. The average molecular weight is 238 g/mol. The molecule has 1 unspecified atom stereocenters. The molecule has 0 amide bonds. The summed E-state index contributed by atoms with van der Waals surface area (Å²) in [5.74, 6) is 0. The van der Waals surface area contributed by atoms with Crippen LogP contribution in [0.1, 0.15) is 39.4 Å². The summed E-state index contributed by atoms with van der Waals surface area (Å²) in [6, 6.07) is 0.478. The summed E-state index contributed by atoms with van der Waals surface area (Å²) >= 11 is 0. The van der Waals surface area contributed by atoms with Gasteiger partial charge in [-0.15, -0.1) is 0 Å². The molecule has 0 saturated heterocycles. The van der Waals surface area contributed by atoms with Gasteiger partial charge in [-0.05, 0) is 26.6 Å². The molecule has 0 radical (unpaired) electrons. The Morgan fingerprint density at radius 2 is 2.06 bits per heavy atom. The van der Waals surface area contributed by atoms with Crippen molar-refractivity contribution >= 4 is 0 Å². The first-order valence-corrected chi connectivity index (χ1v) is 6.66. The van der Waals surface area contributed by atoms with E-state index in [1.54, 1.807) is 0 Å². The van der Waals surface area contributed by atoms with Crippen molar-refractivity contribution in [1.82, 2.24) is 19.8 Å². The Bertz CT molecular complexity index is 304. The van der Waals surface area contributed by atoms with E-state index < -0.39 is 0 Å². The number of hydrogen-bond donors (Lipinski definition) is 1. The van der Waals surface area contributed by atoms with Crippen LogP contribution in [0.2, 0.25) is 0 Å². The highest BCUT2D eigenvalue weighted by Crippen LogP contribution is 2.11. The highest BCUT2D eigenvalue weighted by molar-refractivity contribution is 5.00. The van der Waals surface area contributed by atoms with Crippen molar-refractivity contribution in [3.8, 4) is 0 Å². The van der Waals surface area contributed by atoms with Crippen LogP contribution < -0.4 is 5.32 Å². The van der Waals surface area contributed by atoms with E-state index in [2.05, 4.69) is 47.5 Å². The first-order chi connectivity index (χ1) is 8.22. The topological polar surface area (TPSA) is 33.1 Å². The minimum Gasteiger partial charge on any atom is -0.329 e. The number of nitrogens with one attached hydrogen (secondary N) is 1. The molecule has 0 aliphatic heterocycles. The molecule has 0 spiro atoms. The van der Waals surface area contributed by atoms with Crippen LogP contribution in [0.5, 0.6) is 0 Å². The van der Waals surface area contributed by atoms with E-state index in [0.29, 0.717) is 6.04 Å². The monoisotopic (exact) mass is 238 g/mol. The molecule has 1 aromatic heterocycles. The predicted molar refractivity (Wildman–Crippen MR) is 72.1 cm³/mol. The zero-order valence-electron chi connectivity index (χ0n) is 11.6. The van der Waals surface area contributed by atoms with E-state index in [1.165, 1.54) is 5.69 Å². The van der Waals surface area contributed by atoms with E-state index in [0.717, 1.165) is 32.7 Å². The third kappa shape index (κ3) is 4.13. The normalized spacial score (nSPS) is 13.2. The lowest BCUT2D eigenvalue weighted by Crippen LogP contribution is -2.30. The Morgan fingerprint density at radius 3 is 2.65 bits per heavy atom. The Labute approximate surface area is 105 Å². The maximum Gasteiger partial charge on any atom is 0.0951 e. The summed E-state index contributed by atoms with van der Waals surface area (Å²) < 4.78 is 2.28.